The van der Waals surface area contributed by atoms with Crippen LogP contribution in [0, 0.1) is 219 Å². The summed E-state index contributed by atoms with van der Waals surface area (Å²) in [6.07, 6.45) is 115. The van der Waals surface area contributed by atoms with Crippen molar-refractivity contribution in [3.05, 3.63) is 12.2 Å². The number of hydrogen-bond acceptors (Lipinski definition) is 0. The second-order valence-corrected chi connectivity index (χ2v) is 54.3. The molecule has 28 aliphatic carbocycles. The van der Waals surface area contributed by atoms with Crippen molar-refractivity contribution in [1.82, 2.24) is 0 Å². The topological polar surface area (TPSA) is 0 Å². The molecule has 0 aromatic heterocycles. The first-order valence-electron chi connectivity index (χ1n) is 60.7. The molecule has 0 amide bonds. The molecule has 0 spiro atoms. The average Bonchev–Trinajstić information content (AvgIpc) is 1.38. The van der Waals surface area contributed by atoms with E-state index in [1.54, 1.807) is 225 Å². The summed E-state index contributed by atoms with van der Waals surface area (Å²) in [5.41, 5.74) is 0. The molecule has 0 aromatic carbocycles. The second kappa shape index (κ2) is 56.0. The second-order valence-electron chi connectivity index (χ2n) is 54.3. The Morgan fingerprint density at radius 3 is 0.722 bits per heavy atom. The minimum Gasteiger partial charge on any atom is -0.0851 e. The van der Waals surface area contributed by atoms with Gasteiger partial charge in [0.1, 0.15) is 0 Å². The van der Waals surface area contributed by atoms with Crippen molar-refractivity contribution in [2.24, 2.45) is 219 Å². The van der Waals surface area contributed by atoms with Crippen LogP contribution in [0.2, 0.25) is 0 Å². The number of hydrogen-bond donors (Lipinski definition) is 0. The number of allylic oxidation sites excluding steroid dienone is 2. The molecule has 21 atom stereocenters. The summed E-state index contributed by atoms with van der Waals surface area (Å²) in [5.74, 6) is 40.7. The molecule has 126 heavy (non-hydrogen) atoms. The summed E-state index contributed by atoms with van der Waals surface area (Å²) < 4.78 is 0. The predicted molar refractivity (Wildman–Crippen MR) is 556 cm³/mol. The summed E-state index contributed by atoms with van der Waals surface area (Å²) in [5, 5.41) is 0. The number of rotatable bonds is 0. The first-order valence-corrected chi connectivity index (χ1v) is 60.7. The van der Waals surface area contributed by atoms with Crippen molar-refractivity contribution in [3.8, 4) is 0 Å². The molecule has 0 saturated heterocycles. The van der Waals surface area contributed by atoms with E-state index < -0.39 is 0 Å². The monoisotopic (exact) mass is 1740 g/mol. The van der Waals surface area contributed by atoms with E-state index in [2.05, 4.69) is 116 Å². The predicted octanol–water partition coefficient (Wildman–Crippen LogP) is 40.9. The van der Waals surface area contributed by atoms with Gasteiger partial charge in [0.2, 0.25) is 0 Å². The van der Waals surface area contributed by atoms with Gasteiger partial charge in [0.05, 0.1) is 0 Å². The molecule has 732 valence electrons. The van der Waals surface area contributed by atoms with Gasteiger partial charge in [-0.1, -0.05) is 411 Å². The van der Waals surface area contributed by atoms with E-state index >= 15 is 0 Å². The van der Waals surface area contributed by atoms with Crippen LogP contribution in [0.25, 0.3) is 0 Å². The van der Waals surface area contributed by atoms with Gasteiger partial charge in [0, 0.05) is 0 Å². The lowest BCUT2D eigenvalue weighted by Gasteiger charge is -2.53. The normalized spacial score (nSPS) is 43.5. The van der Waals surface area contributed by atoms with Crippen LogP contribution < -0.4 is 0 Å². The van der Waals surface area contributed by atoms with E-state index in [9.17, 15) is 0 Å². The molecule has 28 rings (SSSR count). The molecule has 0 aliphatic heterocycles. The van der Waals surface area contributed by atoms with Crippen molar-refractivity contribution < 1.29 is 0 Å². The van der Waals surface area contributed by atoms with Crippen molar-refractivity contribution in [2.75, 3.05) is 0 Å². The maximum atomic E-state index is 2.51. The first-order chi connectivity index (χ1) is 61.1. The molecule has 0 radical (unpaired) electrons. The highest BCUT2D eigenvalue weighted by atomic mass is 14.6. The molecule has 0 heteroatoms. The van der Waals surface area contributed by atoms with Crippen LogP contribution >= 0.6 is 0 Å². The third-order valence-electron chi connectivity index (χ3n) is 42.8. The Balaban J connectivity index is 0.000000123. The van der Waals surface area contributed by atoms with Crippen LogP contribution in [-0.2, 0) is 0 Å². The third-order valence-corrected chi connectivity index (χ3v) is 42.8. The Bertz CT molecular complexity index is 2710. The molecule has 28 aliphatic rings. The Kier molecular flexibility index (Phi) is 46.5. The fourth-order valence-electron chi connectivity index (χ4n) is 34.1. The first kappa shape index (κ1) is 105. The Morgan fingerprint density at radius 2 is 0.421 bits per heavy atom. The zero-order chi connectivity index (χ0) is 88.7. The van der Waals surface area contributed by atoms with Crippen LogP contribution in [-0.4, -0.2) is 0 Å². The van der Waals surface area contributed by atoms with Crippen molar-refractivity contribution >= 4 is 0 Å². The molecule has 21 unspecified atom stereocenters. The van der Waals surface area contributed by atoms with E-state index in [1.807, 2.05) is 0 Å². The van der Waals surface area contributed by atoms with E-state index in [0.717, 1.165) is 195 Å². The van der Waals surface area contributed by atoms with Gasteiger partial charge in [-0.25, -0.2) is 0 Å². The van der Waals surface area contributed by atoms with Crippen molar-refractivity contribution in [2.45, 2.75) is 566 Å². The standard InChI is InChI=1S/2C11H18.C11H20.2C10H18.2C9H16.C9H18.C8H14.C8H12.C8H16.C7H14.C6H12.C5H10.C4H8/c1-7-10-3-8-2-9(5-10)6-11(7)4-8;1-7-4-10-8-2-3-9(6-8)11(10)5-7;1-9-6-7-10-4-2-3-5-11(10)8-9;1-8-5-6-9-3-2-4-10(9)7-8;1-8-6-9-4-2-3-5-10(9)7-8;1-7-6-8-2-4-9(7)5-3-8;1-7-5-8-3-2-4-9(8)6-7;1-9-7-5-3-2-4-6-8-9;2*1-6-4-7-2-3-8(6)5-7;1-8-6-4-2-3-5-7-8;1-7-5-3-2-4-6-7;1-6-4-2-3-5-6;1-5-3-2-4-5;1-4-2-3-4/h2*7-11H,2-6H2,1H3;9-11H,2-8H2,1H3;2*8-10H,2-7H2,1H3;2*7-9H,2-6H2,1H3;9H,2-8H2,1H3;6-8H,2-5H2,1H3;2-3,6-8H,4-5H2,1H3;8H,2-7H2,1H3;7H,2-6H2,1H3;6H,2-5H2,1H3;5H,2-4H2,1H3;4H,2-3H2,1H3. The third kappa shape index (κ3) is 35.9. The van der Waals surface area contributed by atoms with Gasteiger partial charge in [-0.2, -0.15) is 0 Å². The largest absolute Gasteiger partial charge is 0.0851 e. The fourth-order valence-corrected chi connectivity index (χ4v) is 34.1. The van der Waals surface area contributed by atoms with Gasteiger partial charge >= 0.3 is 0 Å². The van der Waals surface area contributed by atoms with Crippen LogP contribution in [0.1, 0.15) is 566 Å². The molecule has 0 N–H and O–H groups in total. The van der Waals surface area contributed by atoms with E-state index in [-0.39, 0.29) is 0 Å². The maximum absolute atomic E-state index is 2.51. The van der Waals surface area contributed by atoms with Crippen LogP contribution in [0.5, 0.6) is 0 Å². The Morgan fingerprint density at radius 1 is 0.135 bits per heavy atom. The summed E-state index contributed by atoms with van der Waals surface area (Å²) >= 11 is 0. The lowest BCUT2D eigenvalue weighted by atomic mass is 9.52. The molecule has 12 bridgehead atoms. The van der Waals surface area contributed by atoms with Crippen LogP contribution in [0.4, 0.5) is 0 Å². The van der Waals surface area contributed by atoms with Crippen LogP contribution in [0.15, 0.2) is 12.2 Å². The van der Waals surface area contributed by atoms with Gasteiger partial charge in [-0.05, 0) is 386 Å². The Labute approximate surface area is 792 Å². The molecular weight excluding hydrogens is 1510 g/mol. The van der Waals surface area contributed by atoms with Gasteiger partial charge in [-0.15, -0.1) is 0 Å². The Hall–Kier alpha value is -0.260. The summed E-state index contributed by atoms with van der Waals surface area (Å²) in [6.45, 7) is 36.0. The SMILES string of the molecule is CC1C2CC3CC(C2)CC1C3.CC1CC1.CC1CC2C3CCC(C3)C2C1.CC1CC2C=CC1C2.CC1CC2CCC1C2.CC1CC2CCC1CC2.CC1CC2CCCC2C1.CC1CC2CCCCC2C1.CC1CCC1.CC1CCC2CCCC2C1.CC1CCC2CCCCC2C1.CC1CCCC1.CC1CCCCC1.CC1CCCCCC1.CC1CCCCCCC1. The fraction of sp³-hybridized carbons (Fsp3) is 0.984. The minimum absolute atomic E-state index is 0.958. The van der Waals surface area contributed by atoms with Gasteiger partial charge in [0.15, 0.2) is 0 Å². The highest BCUT2D eigenvalue weighted by molar-refractivity contribution is 5.09. The highest BCUT2D eigenvalue weighted by Crippen LogP contribution is 2.61. The summed E-state index contributed by atoms with van der Waals surface area (Å²) in [4.78, 5) is 0. The quantitative estimate of drug-likeness (QED) is 0.168. The zero-order valence-electron chi connectivity index (χ0n) is 88.4. The molecule has 0 heterocycles. The average molecular weight is 1740 g/mol. The van der Waals surface area contributed by atoms with E-state index in [0.29, 0.717) is 0 Å². The van der Waals surface area contributed by atoms with Crippen molar-refractivity contribution in [1.29, 1.82) is 0 Å². The highest BCUT2D eigenvalue weighted by Gasteiger charge is 2.51. The number of fused-ring (bicyclic) bond motifs is 16. The van der Waals surface area contributed by atoms with E-state index in [4.69, 9.17) is 0 Å². The van der Waals surface area contributed by atoms with Gasteiger partial charge in [-0.3, -0.25) is 0 Å². The van der Waals surface area contributed by atoms with Gasteiger partial charge < -0.3 is 0 Å². The minimum atomic E-state index is 0.958. The molecular formula is C126H228. The lowest BCUT2D eigenvalue weighted by molar-refractivity contribution is -0.0282. The summed E-state index contributed by atoms with van der Waals surface area (Å²) in [6, 6.07) is 0. The molecule has 0 aromatic rings. The smallest absolute Gasteiger partial charge is 0.0202 e. The summed E-state index contributed by atoms with van der Waals surface area (Å²) in [7, 11) is 0. The molecule has 27 fully saturated rings. The zero-order valence-corrected chi connectivity index (χ0v) is 88.4. The lowest BCUT2D eigenvalue weighted by Crippen LogP contribution is -2.43. The maximum Gasteiger partial charge on any atom is -0.0202 e. The van der Waals surface area contributed by atoms with Gasteiger partial charge in [0.25, 0.3) is 0 Å². The molecule has 27 saturated carbocycles. The van der Waals surface area contributed by atoms with Crippen molar-refractivity contribution in [3.63, 3.8) is 0 Å². The van der Waals surface area contributed by atoms with E-state index in [1.165, 1.54) is 261 Å². The van der Waals surface area contributed by atoms with Crippen LogP contribution in [0.3, 0.4) is 0 Å². The molecule has 0 nitrogen and oxygen atoms in total.